The standard InChI is InChI=1S/C22H22O4S/c1-15(19-5-9-21(10-6-19)25-17(3)23)13-27-14-16(2)20-7-11-22(12-8-20)26-18(4)24/h5-12H,1-2,13-14H2,3-4H3. The summed E-state index contributed by atoms with van der Waals surface area (Å²) in [5.74, 6) is 1.90. The average Bonchev–Trinajstić information content (AvgIpc) is 2.61. The number of hydrogen-bond donors (Lipinski definition) is 0. The summed E-state index contributed by atoms with van der Waals surface area (Å²) >= 11 is 1.72. The molecule has 0 radical (unpaired) electrons. The van der Waals surface area contributed by atoms with Gasteiger partial charge in [-0.1, -0.05) is 37.4 Å². The molecule has 27 heavy (non-hydrogen) atoms. The van der Waals surface area contributed by atoms with Crippen molar-refractivity contribution in [1.82, 2.24) is 0 Å². The second-order valence-electron chi connectivity index (χ2n) is 5.94. The second kappa shape index (κ2) is 9.78. The second-order valence-corrected chi connectivity index (χ2v) is 6.92. The summed E-state index contributed by atoms with van der Waals surface area (Å²) in [7, 11) is 0. The van der Waals surface area contributed by atoms with Gasteiger partial charge in [-0.05, 0) is 46.5 Å². The molecule has 0 atom stereocenters. The van der Waals surface area contributed by atoms with Crippen LogP contribution in [0.25, 0.3) is 11.1 Å². The monoisotopic (exact) mass is 382 g/mol. The van der Waals surface area contributed by atoms with Crippen LogP contribution >= 0.6 is 11.8 Å². The van der Waals surface area contributed by atoms with E-state index >= 15 is 0 Å². The maximum Gasteiger partial charge on any atom is 0.308 e. The third-order valence-electron chi connectivity index (χ3n) is 3.60. The fourth-order valence-corrected chi connectivity index (χ4v) is 3.24. The van der Waals surface area contributed by atoms with E-state index in [1.54, 1.807) is 36.0 Å². The van der Waals surface area contributed by atoms with E-state index in [0.29, 0.717) is 11.5 Å². The summed E-state index contributed by atoms with van der Waals surface area (Å²) in [5, 5.41) is 0. The molecule has 140 valence electrons. The molecule has 0 unspecified atom stereocenters. The molecule has 2 rings (SSSR count). The van der Waals surface area contributed by atoms with Crippen molar-refractivity contribution in [3.05, 3.63) is 72.8 Å². The quantitative estimate of drug-likeness (QED) is 0.475. The first-order valence-corrected chi connectivity index (χ1v) is 9.51. The smallest absolute Gasteiger partial charge is 0.308 e. The number of ether oxygens (including phenoxy) is 2. The summed E-state index contributed by atoms with van der Waals surface area (Å²) < 4.78 is 10.1. The molecule has 0 aliphatic carbocycles. The van der Waals surface area contributed by atoms with Crippen LogP contribution < -0.4 is 9.47 Å². The number of benzene rings is 2. The maximum absolute atomic E-state index is 10.9. The fourth-order valence-electron chi connectivity index (χ4n) is 2.31. The molecule has 0 aliphatic rings. The lowest BCUT2D eigenvalue weighted by Gasteiger charge is -2.09. The SMILES string of the molecule is C=C(CSCC(=C)c1ccc(OC(C)=O)cc1)c1ccc(OC(C)=O)cc1. The topological polar surface area (TPSA) is 52.6 Å². The highest BCUT2D eigenvalue weighted by Gasteiger charge is 2.05. The maximum atomic E-state index is 10.9. The number of carbonyl (C=O) groups excluding carboxylic acids is 2. The lowest BCUT2D eigenvalue weighted by Crippen LogP contribution is -2.01. The van der Waals surface area contributed by atoms with Crippen LogP contribution in [0.5, 0.6) is 11.5 Å². The van der Waals surface area contributed by atoms with Gasteiger partial charge in [-0.25, -0.2) is 0 Å². The van der Waals surface area contributed by atoms with Gasteiger partial charge in [0.15, 0.2) is 0 Å². The van der Waals surface area contributed by atoms with Gasteiger partial charge in [0.05, 0.1) is 0 Å². The Morgan fingerprint density at radius 3 is 1.37 bits per heavy atom. The zero-order valence-electron chi connectivity index (χ0n) is 15.5. The fraction of sp³-hybridized carbons (Fsp3) is 0.182. The zero-order valence-corrected chi connectivity index (χ0v) is 16.3. The van der Waals surface area contributed by atoms with Gasteiger partial charge in [0.25, 0.3) is 0 Å². The normalized spacial score (nSPS) is 10.1. The molecule has 0 amide bonds. The molecule has 0 fully saturated rings. The highest BCUT2D eigenvalue weighted by atomic mass is 32.2. The highest BCUT2D eigenvalue weighted by Crippen LogP contribution is 2.25. The van der Waals surface area contributed by atoms with Gasteiger partial charge in [0, 0.05) is 25.4 Å². The number of rotatable bonds is 8. The molecule has 0 aromatic heterocycles. The lowest BCUT2D eigenvalue weighted by atomic mass is 10.1. The van der Waals surface area contributed by atoms with Crippen molar-refractivity contribution in [3.63, 3.8) is 0 Å². The van der Waals surface area contributed by atoms with E-state index in [1.807, 2.05) is 24.3 Å². The van der Waals surface area contributed by atoms with Crippen molar-refractivity contribution in [2.24, 2.45) is 0 Å². The predicted octanol–water partition coefficient (Wildman–Crippen LogP) is 5.00. The number of esters is 2. The minimum Gasteiger partial charge on any atom is -0.427 e. The molecule has 2 aromatic carbocycles. The van der Waals surface area contributed by atoms with Gasteiger partial charge in [-0.3, -0.25) is 9.59 Å². The van der Waals surface area contributed by atoms with Crippen molar-refractivity contribution in [1.29, 1.82) is 0 Å². The Balaban J connectivity index is 1.82. The summed E-state index contributed by atoms with van der Waals surface area (Å²) in [6, 6.07) is 14.6. The molecule has 0 bridgehead atoms. The van der Waals surface area contributed by atoms with E-state index in [9.17, 15) is 9.59 Å². The Labute approximate surface area is 163 Å². The van der Waals surface area contributed by atoms with Crippen LogP contribution in [0.4, 0.5) is 0 Å². The van der Waals surface area contributed by atoms with Crippen LogP contribution in [0.1, 0.15) is 25.0 Å². The number of carbonyl (C=O) groups is 2. The van der Waals surface area contributed by atoms with Crippen molar-refractivity contribution in [2.75, 3.05) is 11.5 Å². The molecular weight excluding hydrogens is 360 g/mol. The molecule has 0 heterocycles. The van der Waals surface area contributed by atoms with E-state index < -0.39 is 0 Å². The van der Waals surface area contributed by atoms with Gasteiger partial charge >= 0.3 is 11.9 Å². The van der Waals surface area contributed by atoms with Crippen molar-refractivity contribution in [2.45, 2.75) is 13.8 Å². The van der Waals surface area contributed by atoms with Crippen LogP contribution in [0.2, 0.25) is 0 Å². The van der Waals surface area contributed by atoms with Gasteiger partial charge in [-0.15, -0.1) is 0 Å². The van der Waals surface area contributed by atoms with Crippen LogP contribution in [0, 0.1) is 0 Å². The predicted molar refractivity (Wildman–Crippen MR) is 111 cm³/mol. The first-order valence-electron chi connectivity index (χ1n) is 8.36. The van der Waals surface area contributed by atoms with Crippen LogP contribution in [-0.2, 0) is 9.59 Å². The third kappa shape index (κ3) is 6.79. The zero-order chi connectivity index (χ0) is 19.8. The molecular formula is C22H22O4S. The molecule has 0 spiro atoms. The number of thioether (sulfide) groups is 1. The Kier molecular flexibility index (Phi) is 7.44. The average molecular weight is 382 g/mol. The van der Waals surface area contributed by atoms with Gasteiger partial charge in [0.1, 0.15) is 11.5 Å². The number of hydrogen-bond acceptors (Lipinski definition) is 5. The largest absolute Gasteiger partial charge is 0.427 e. The van der Waals surface area contributed by atoms with Crippen LogP contribution in [0.3, 0.4) is 0 Å². The van der Waals surface area contributed by atoms with Crippen LogP contribution in [0.15, 0.2) is 61.7 Å². The Bertz CT molecular complexity index is 764. The Morgan fingerprint density at radius 1 is 0.741 bits per heavy atom. The van der Waals surface area contributed by atoms with E-state index in [4.69, 9.17) is 9.47 Å². The van der Waals surface area contributed by atoms with Crippen LogP contribution in [-0.4, -0.2) is 23.4 Å². The summed E-state index contributed by atoms with van der Waals surface area (Å²) in [6.07, 6.45) is 0. The summed E-state index contributed by atoms with van der Waals surface area (Å²) in [6.45, 7) is 11.0. The van der Waals surface area contributed by atoms with E-state index in [1.165, 1.54) is 13.8 Å². The molecule has 5 heteroatoms. The lowest BCUT2D eigenvalue weighted by molar-refractivity contribution is -0.132. The van der Waals surface area contributed by atoms with Gasteiger partial charge in [0.2, 0.25) is 0 Å². The molecule has 0 saturated carbocycles. The van der Waals surface area contributed by atoms with E-state index in [0.717, 1.165) is 33.8 Å². The van der Waals surface area contributed by atoms with Crippen molar-refractivity contribution in [3.8, 4) is 11.5 Å². The van der Waals surface area contributed by atoms with E-state index in [2.05, 4.69) is 13.2 Å². The molecule has 0 aliphatic heterocycles. The first-order chi connectivity index (χ1) is 12.8. The minimum atomic E-state index is -0.337. The Morgan fingerprint density at radius 2 is 1.07 bits per heavy atom. The summed E-state index contributed by atoms with van der Waals surface area (Å²) in [5.41, 5.74) is 4.00. The van der Waals surface area contributed by atoms with Gasteiger partial charge < -0.3 is 9.47 Å². The third-order valence-corrected chi connectivity index (χ3v) is 4.71. The molecule has 4 nitrogen and oxygen atoms in total. The highest BCUT2D eigenvalue weighted by molar-refractivity contribution is 8.00. The minimum absolute atomic E-state index is 0.337. The Hall–Kier alpha value is -2.79. The molecule has 2 aromatic rings. The van der Waals surface area contributed by atoms with E-state index in [-0.39, 0.29) is 11.9 Å². The summed E-state index contributed by atoms with van der Waals surface area (Å²) in [4.78, 5) is 21.9. The first kappa shape index (κ1) is 20.5. The molecule has 0 saturated heterocycles. The van der Waals surface area contributed by atoms with Crippen molar-refractivity contribution < 1.29 is 19.1 Å². The van der Waals surface area contributed by atoms with Crippen molar-refractivity contribution >= 4 is 34.8 Å². The van der Waals surface area contributed by atoms with Gasteiger partial charge in [-0.2, -0.15) is 11.8 Å². The molecule has 0 N–H and O–H groups in total.